The summed E-state index contributed by atoms with van der Waals surface area (Å²) < 4.78 is 12.9. The molecule has 7 heteroatoms. The van der Waals surface area contributed by atoms with Gasteiger partial charge in [0.05, 0.1) is 6.54 Å². The largest absolute Gasteiger partial charge is 0.454 e. The second kappa shape index (κ2) is 8.00. The number of benzene rings is 1. The first-order chi connectivity index (χ1) is 13.2. The van der Waals surface area contributed by atoms with Gasteiger partial charge in [-0.1, -0.05) is 6.07 Å². The van der Waals surface area contributed by atoms with Crippen molar-refractivity contribution in [3.63, 3.8) is 0 Å². The zero-order chi connectivity index (χ0) is 18.6. The minimum atomic E-state index is 0.0663. The number of likely N-dealkylation sites (tertiary alicyclic amines) is 1. The van der Waals surface area contributed by atoms with Crippen LogP contribution in [0.2, 0.25) is 0 Å². The Morgan fingerprint density at radius 2 is 2.07 bits per heavy atom. The number of aromatic nitrogens is 2. The SMILES string of the molecule is Cc1nccn1CC1CCN(CC(=O)NCc2ccc3c(c2)OCO3)CC1. The average molecular weight is 370 g/mol. The average Bonchev–Trinajstić information content (AvgIpc) is 3.30. The maximum atomic E-state index is 12.3. The van der Waals surface area contributed by atoms with Crippen LogP contribution in [-0.2, 0) is 17.9 Å². The zero-order valence-corrected chi connectivity index (χ0v) is 15.7. The van der Waals surface area contributed by atoms with Crippen molar-refractivity contribution in [2.75, 3.05) is 26.4 Å². The van der Waals surface area contributed by atoms with Gasteiger partial charge in [-0.05, 0) is 56.5 Å². The van der Waals surface area contributed by atoms with E-state index in [4.69, 9.17) is 9.47 Å². The summed E-state index contributed by atoms with van der Waals surface area (Å²) in [4.78, 5) is 18.8. The molecule has 1 aromatic carbocycles. The fourth-order valence-corrected chi connectivity index (χ4v) is 3.71. The lowest BCUT2D eigenvalue weighted by molar-refractivity contribution is -0.122. The zero-order valence-electron chi connectivity index (χ0n) is 15.7. The molecule has 0 unspecified atom stereocenters. The summed E-state index contributed by atoms with van der Waals surface area (Å²) in [6.07, 6.45) is 6.14. The van der Waals surface area contributed by atoms with Crippen LogP contribution >= 0.6 is 0 Å². The lowest BCUT2D eigenvalue weighted by Gasteiger charge is -2.31. The molecule has 0 aliphatic carbocycles. The Balaban J connectivity index is 1.19. The van der Waals surface area contributed by atoms with Gasteiger partial charge in [-0.15, -0.1) is 0 Å². The Kier molecular flexibility index (Phi) is 5.29. The molecule has 1 N–H and O–H groups in total. The Morgan fingerprint density at radius 3 is 2.85 bits per heavy atom. The maximum absolute atomic E-state index is 12.3. The molecule has 1 fully saturated rings. The lowest BCUT2D eigenvalue weighted by Crippen LogP contribution is -2.41. The number of carbonyl (C=O) groups is 1. The lowest BCUT2D eigenvalue weighted by atomic mass is 9.96. The number of amides is 1. The van der Waals surface area contributed by atoms with Crippen LogP contribution in [0.3, 0.4) is 0 Å². The van der Waals surface area contributed by atoms with E-state index in [-0.39, 0.29) is 12.7 Å². The quantitative estimate of drug-likeness (QED) is 0.842. The predicted molar refractivity (Wildman–Crippen MR) is 101 cm³/mol. The number of imidazole rings is 1. The summed E-state index contributed by atoms with van der Waals surface area (Å²) in [5, 5.41) is 3.00. The number of nitrogens with zero attached hydrogens (tertiary/aromatic N) is 3. The molecule has 0 bridgehead atoms. The number of fused-ring (bicyclic) bond motifs is 1. The first-order valence-electron chi connectivity index (χ1n) is 9.53. The minimum absolute atomic E-state index is 0.0663. The Morgan fingerprint density at radius 1 is 1.26 bits per heavy atom. The third kappa shape index (κ3) is 4.42. The van der Waals surface area contributed by atoms with Gasteiger partial charge < -0.3 is 19.4 Å². The van der Waals surface area contributed by atoms with Crippen molar-refractivity contribution in [1.82, 2.24) is 19.8 Å². The molecule has 3 heterocycles. The van der Waals surface area contributed by atoms with E-state index >= 15 is 0 Å². The van der Waals surface area contributed by atoms with E-state index in [0.29, 0.717) is 19.0 Å². The molecule has 144 valence electrons. The third-order valence-corrected chi connectivity index (χ3v) is 5.38. The van der Waals surface area contributed by atoms with E-state index in [2.05, 4.69) is 19.8 Å². The number of piperidine rings is 1. The molecule has 2 aliphatic rings. The molecule has 0 radical (unpaired) electrons. The molecule has 7 nitrogen and oxygen atoms in total. The van der Waals surface area contributed by atoms with Crippen LogP contribution in [0.15, 0.2) is 30.6 Å². The van der Waals surface area contributed by atoms with E-state index in [1.54, 1.807) is 0 Å². The highest BCUT2D eigenvalue weighted by atomic mass is 16.7. The van der Waals surface area contributed by atoms with Crippen molar-refractivity contribution < 1.29 is 14.3 Å². The summed E-state index contributed by atoms with van der Waals surface area (Å²) in [6.45, 7) is 6.23. The van der Waals surface area contributed by atoms with Gasteiger partial charge in [-0.3, -0.25) is 9.69 Å². The monoisotopic (exact) mass is 370 g/mol. The van der Waals surface area contributed by atoms with Gasteiger partial charge >= 0.3 is 0 Å². The topological polar surface area (TPSA) is 68.6 Å². The van der Waals surface area contributed by atoms with Crippen molar-refractivity contribution >= 4 is 5.91 Å². The van der Waals surface area contributed by atoms with Crippen molar-refractivity contribution in [3.05, 3.63) is 42.0 Å². The van der Waals surface area contributed by atoms with Gasteiger partial charge in [0.15, 0.2) is 11.5 Å². The van der Waals surface area contributed by atoms with Crippen LogP contribution in [-0.4, -0.2) is 46.8 Å². The number of nitrogens with one attached hydrogen (secondary N) is 1. The van der Waals surface area contributed by atoms with Crippen LogP contribution < -0.4 is 14.8 Å². The van der Waals surface area contributed by atoms with Gasteiger partial charge in [0.1, 0.15) is 5.82 Å². The van der Waals surface area contributed by atoms with Gasteiger partial charge in [0, 0.05) is 25.5 Å². The normalized spacial score (nSPS) is 17.2. The Bertz CT molecular complexity index is 796. The molecule has 0 saturated carbocycles. The smallest absolute Gasteiger partial charge is 0.234 e. The highest BCUT2D eigenvalue weighted by Gasteiger charge is 2.21. The molecule has 0 atom stereocenters. The van der Waals surface area contributed by atoms with Crippen LogP contribution in [0.4, 0.5) is 0 Å². The van der Waals surface area contributed by atoms with Crippen LogP contribution in [0, 0.1) is 12.8 Å². The molecule has 4 rings (SSSR count). The van der Waals surface area contributed by atoms with Crippen LogP contribution in [0.1, 0.15) is 24.2 Å². The standard InChI is InChI=1S/C20H26N4O3/c1-15-21-6-9-24(15)12-16-4-7-23(8-5-16)13-20(25)22-11-17-2-3-18-19(10-17)27-14-26-18/h2-3,6,9-10,16H,4-5,7-8,11-14H2,1H3,(H,22,25). The fraction of sp³-hybridized carbons (Fsp3) is 0.500. The van der Waals surface area contributed by atoms with Crippen molar-refractivity contribution in [3.8, 4) is 11.5 Å². The first-order valence-corrected chi connectivity index (χ1v) is 9.53. The first kappa shape index (κ1) is 17.9. The molecule has 1 saturated heterocycles. The molecule has 2 aromatic rings. The highest BCUT2D eigenvalue weighted by Crippen LogP contribution is 2.32. The molecular formula is C20H26N4O3. The number of hydrogen-bond acceptors (Lipinski definition) is 5. The fourth-order valence-electron chi connectivity index (χ4n) is 3.71. The summed E-state index contributed by atoms with van der Waals surface area (Å²) in [5.41, 5.74) is 1.02. The van der Waals surface area contributed by atoms with Gasteiger partial charge in [0.25, 0.3) is 0 Å². The highest BCUT2D eigenvalue weighted by molar-refractivity contribution is 5.78. The minimum Gasteiger partial charge on any atom is -0.454 e. The number of carbonyl (C=O) groups excluding carboxylic acids is 1. The van der Waals surface area contributed by atoms with Crippen molar-refractivity contribution in [2.45, 2.75) is 32.9 Å². The van der Waals surface area contributed by atoms with Gasteiger partial charge in [-0.2, -0.15) is 0 Å². The molecule has 1 amide bonds. The van der Waals surface area contributed by atoms with Crippen molar-refractivity contribution in [1.29, 1.82) is 0 Å². The third-order valence-electron chi connectivity index (χ3n) is 5.38. The molecular weight excluding hydrogens is 344 g/mol. The van der Waals surface area contributed by atoms with Gasteiger partial charge in [-0.25, -0.2) is 4.98 Å². The molecule has 0 spiro atoms. The number of ether oxygens (including phenoxy) is 2. The Labute approximate surface area is 159 Å². The summed E-state index contributed by atoms with van der Waals surface area (Å²) >= 11 is 0. The number of hydrogen-bond donors (Lipinski definition) is 1. The van der Waals surface area contributed by atoms with E-state index < -0.39 is 0 Å². The van der Waals surface area contributed by atoms with E-state index in [1.165, 1.54) is 0 Å². The van der Waals surface area contributed by atoms with Gasteiger partial charge in [0.2, 0.25) is 12.7 Å². The van der Waals surface area contributed by atoms with Crippen LogP contribution in [0.5, 0.6) is 11.5 Å². The second-order valence-electron chi connectivity index (χ2n) is 7.31. The summed E-state index contributed by atoms with van der Waals surface area (Å²) in [5.74, 6) is 3.30. The Hall–Kier alpha value is -2.54. The molecule has 1 aromatic heterocycles. The van der Waals surface area contributed by atoms with E-state index in [0.717, 1.165) is 55.4 Å². The molecule has 2 aliphatic heterocycles. The van der Waals surface area contributed by atoms with E-state index in [9.17, 15) is 4.79 Å². The predicted octanol–water partition coefficient (Wildman–Crippen LogP) is 1.95. The van der Waals surface area contributed by atoms with Crippen LogP contribution in [0.25, 0.3) is 0 Å². The van der Waals surface area contributed by atoms with E-state index in [1.807, 2.05) is 37.5 Å². The van der Waals surface area contributed by atoms with Crippen molar-refractivity contribution in [2.24, 2.45) is 5.92 Å². The maximum Gasteiger partial charge on any atom is 0.234 e. The number of aryl methyl sites for hydroxylation is 1. The number of rotatable bonds is 6. The summed E-state index contributed by atoms with van der Waals surface area (Å²) in [7, 11) is 0. The molecule has 27 heavy (non-hydrogen) atoms. The second-order valence-corrected chi connectivity index (χ2v) is 7.31. The summed E-state index contributed by atoms with van der Waals surface area (Å²) in [6, 6.07) is 5.76.